The van der Waals surface area contributed by atoms with E-state index in [0.717, 1.165) is 30.8 Å². The number of benzene rings is 2. The third-order valence-electron chi connectivity index (χ3n) is 4.17. The summed E-state index contributed by atoms with van der Waals surface area (Å²) in [6, 6.07) is 16.0. The van der Waals surface area contributed by atoms with Crippen LogP contribution in [0.1, 0.15) is 24.8 Å². The van der Waals surface area contributed by atoms with Crippen molar-refractivity contribution in [3.8, 4) is 0 Å². The molecule has 1 unspecified atom stereocenters. The molecular formula is C19H22ClN3O. The Morgan fingerprint density at radius 1 is 1.21 bits per heavy atom. The number of nitrogens with one attached hydrogen (secondary N) is 3. The molecule has 1 heterocycles. The van der Waals surface area contributed by atoms with Crippen molar-refractivity contribution in [2.24, 2.45) is 0 Å². The van der Waals surface area contributed by atoms with Gasteiger partial charge in [-0.05, 0) is 43.1 Å². The molecule has 1 amide bonds. The molecule has 5 heteroatoms. The van der Waals surface area contributed by atoms with Gasteiger partial charge in [0.05, 0.1) is 10.7 Å². The molecule has 0 aliphatic carbocycles. The number of hydrogen-bond donors (Lipinski definition) is 3. The fraction of sp³-hybridized carbons (Fsp3) is 0.316. The van der Waals surface area contributed by atoms with E-state index >= 15 is 0 Å². The molecule has 1 atom stereocenters. The predicted molar refractivity (Wildman–Crippen MR) is 99.5 cm³/mol. The Hall–Kier alpha value is -2.04. The summed E-state index contributed by atoms with van der Waals surface area (Å²) in [6.45, 7) is 1.71. The Balaban J connectivity index is 1.54. The van der Waals surface area contributed by atoms with Gasteiger partial charge in [-0.25, -0.2) is 0 Å². The van der Waals surface area contributed by atoms with Crippen molar-refractivity contribution >= 4 is 28.9 Å². The quantitative estimate of drug-likeness (QED) is 0.742. The van der Waals surface area contributed by atoms with Gasteiger partial charge >= 0.3 is 0 Å². The van der Waals surface area contributed by atoms with E-state index in [1.165, 1.54) is 5.56 Å². The minimum atomic E-state index is 0.0236. The molecule has 1 fully saturated rings. The first-order chi connectivity index (χ1) is 11.7. The second-order valence-corrected chi connectivity index (χ2v) is 6.49. The van der Waals surface area contributed by atoms with Gasteiger partial charge in [0, 0.05) is 24.7 Å². The lowest BCUT2D eigenvalue weighted by molar-refractivity contribution is -0.116. The molecule has 1 saturated heterocycles. The highest BCUT2D eigenvalue weighted by Gasteiger charge is 2.17. The zero-order valence-corrected chi connectivity index (χ0v) is 14.3. The summed E-state index contributed by atoms with van der Waals surface area (Å²) in [6.07, 6.45) is 2.72. The Morgan fingerprint density at radius 2 is 2.04 bits per heavy atom. The maximum atomic E-state index is 12.1. The Kier molecular flexibility index (Phi) is 5.72. The highest BCUT2D eigenvalue weighted by molar-refractivity contribution is 6.33. The van der Waals surface area contributed by atoms with E-state index in [-0.39, 0.29) is 5.91 Å². The molecule has 0 spiro atoms. The zero-order valence-electron chi connectivity index (χ0n) is 13.5. The van der Waals surface area contributed by atoms with E-state index in [0.29, 0.717) is 24.0 Å². The van der Waals surface area contributed by atoms with Crippen LogP contribution < -0.4 is 16.0 Å². The summed E-state index contributed by atoms with van der Waals surface area (Å²) in [5.74, 6) is 0.0236. The molecule has 1 aliphatic heterocycles. The van der Waals surface area contributed by atoms with E-state index < -0.39 is 0 Å². The van der Waals surface area contributed by atoms with E-state index in [1.807, 2.05) is 30.3 Å². The molecule has 0 saturated carbocycles. The van der Waals surface area contributed by atoms with Crippen molar-refractivity contribution in [3.05, 3.63) is 59.1 Å². The number of carbonyl (C=O) groups excluding carboxylic acids is 1. The number of carbonyl (C=O) groups is 1. The van der Waals surface area contributed by atoms with Crippen LogP contribution in [0.2, 0.25) is 5.02 Å². The SMILES string of the molecule is O=C(CC1CCCN1)Nc1ccc(NCc2ccccc2)c(Cl)c1. The zero-order chi connectivity index (χ0) is 16.8. The van der Waals surface area contributed by atoms with Crippen molar-refractivity contribution in [2.45, 2.75) is 31.8 Å². The molecule has 2 aromatic carbocycles. The minimum Gasteiger partial charge on any atom is -0.380 e. The highest BCUT2D eigenvalue weighted by Crippen LogP contribution is 2.26. The number of rotatable bonds is 6. The molecule has 4 nitrogen and oxygen atoms in total. The van der Waals surface area contributed by atoms with Crippen LogP contribution >= 0.6 is 11.6 Å². The van der Waals surface area contributed by atoms with Crippen LogP contribution in [0.15, 0.2) is 48.5 Å². The van der Waals surface area contributed by atoms with Gasteiger partial charge in [-0.15, -0.1) is 0 Å². The van der Waals surface area contributed by atoms with Crippen LogP contribution in [-0.2, 0) is 11.3 Å². The lowest BCUT2D eigenvalue weighted by atomic mass is 10.1. The first-order valence-electron chi connectivity index (χ1n) is 8.31. The van der Waals surface area contributed by atoms with Crippen molar-refractivity contribution < 1.29 is 4.79 Å². The fourth-order valence-electron chi connectivity index (χ4n) is 2.90. The van der Waals surface area contributed by atoms with E-state index in [4.69, 9.17) is 11.6 Å². The number of hydrogen-bond acceptors (Lipinski definition) is 3. The van der Waals surface area contributed by atoms with E-state index in [1.54, 1.807) is 6.07 Å². The van der Waals surface area contributed by atoms with Crippen molar-refractivity contribution in [1.29, 1.82) is 0 Å². The van der Waals surface area contributed by atoms with Gasteiger partial charge in [0.25, 0.3) is 0 Å². The second kappa shape index (κ2) is 8.18. The van der Waals surface area contributed by atoms with Crippen LogP contribution in [0.5, 0.6) is 0 Å². The monoisotopic (exact) mass is 343 g/mol. The van der Waals surface area contributed by atoms with Gasteiger partial charge in [-0.1, -0.05) is 41.9 Å². The maximum absolute atomic E-state index is 12.1. The van der Waals surface area contributed by atoms with Crippen molar-refractivity contribution in [2.75, 3.05) is 17.2 Å². The molecule has 0 radical (unpaired) electrons. The Morgan fingerprint density at radius 3 is 2.75 bits per heavy atom. The van der Waals surface area contributed by atoms with Crippen LogP contribution in [0.3, 0.4) is 0 Å². The first-order valence-corrected chi connectivity index (χ1v) is 8.69. The maximum Gasteiger partial charge on any atom is 0.225 e. The van der Waals surface area contributed by atoms with Gasteiger partial charge in [-0.2, -0.15) is 0 Å². The normalized spacial score (nSPS) is 16.8. The first kappa shape index (κ1) is 16.8. The third-order valence-corrected chi connectivity index (χ3v) is 4.49. The number of amides is 1. The smallest absolute Gasteiger partial charge is 0.225 e. The van der Waals surface area contributed by atoms with Crippen molar-refractivity contribution in [1.82, 2.24) is 5.32 Å². The molecule has 1 aliphatic rings. The van der Waals surface area contributed by atoms with Gasteiger partial charge in [-0.3, -0.25) is 4.79 Å². The molecule has 0 bridgehead atoms. The highest BCUT2D eigenvalue weighted by atomic mass is 35.5. The summed E-state index contributed by atoms with van der Waals surface area (Å²) in [5.41, 5.74) is 2.78. The van der Waals surface area contributed by atoms with E-state index in [2.05, 4.69) is 28.1 Å². The summed E-state index contributed by atoms with van der Waals surface area (Å²) in [7, 11) is 0. The van der Waals surface area contributed by atoms with Gasteiger partial charge < -0.3 is 16.0 Å². The van der Waals surface area contributed by atoms with Crippen molar-refractivity contribution in [3.63, 3.8) is 0 Å². The molecule has 0 aromatic heterocycles. The summed E-state index contributed by atoms with van der Waals surface area (Å²) in [5, 5.41) is 10.2. The largest absolute Gasteiger partial charge is 0.380 e. The van der Waals surface area contributed by atoms with Gasteiger partial charge in [0.15, 0.2) is 0 Å². The van der Waals surface area contributed by atoms with Crippen LogP contribution in [0, 0.1) is 0 Å². The Labute approximate surface area is 147 Å². The average molecular weight is 344 g/mol. The van der Waals surface area contributed by atoms with Crippen LogP contribution in [-0.4, -0.2) is 18.5 Å². The molecule has 2 aromatic rings. The van der Waals surface area contributed by atoms with Gasteiger partial charge in [0.2, 0.25) is 5.91 Å². The predicted octanol–water partition coefficient (Wildman–Crippen LogP) is 4.03. The van der Waals surface area contributed by atoms with E-state index in [9.17, 15) is 4.79 Å². The Bertz CT molecular complexity index is 684. The third kappa shape index (κ3) is 4.73. The topological polar surface area (TPSA) is 53.2 Å². The molecule has 3 rings (SSSR count). The summed E-state index contributed by atoms with van der Waals surface area (Å²) in [4.78, 5) is 12.1. The molecule has 3 N–H and O–H groups in total. The fourth-order valence-corrected chi connectivity index (χ4v) is 3.14. The lowest BCUT2D eigenvalue weighted by Crippen LogP contribution is -2.27. The summed E-state index contributed by atoms with van der Waals surface area (Å²) < 4.78 is 0. The molecular weight excluding hydrogens is 322 g/mol. The van der Waals surface area contributed by atoms with Crippen LogP contribution in [0.25, 0.3) is 0 Å². The number of halogens is 1. The summed E-state index contributed by atoms with van der Waals surface area (Å²) >= 11 is 6.32. The van der Waals surface area contributed by atoms with Crippen LogP contribution in [0.4, 0.5) is 11.4 Å². The molecule has 126 valence electrons. The molecule has 24 heavy (non-hydrogen) atoms. The number of anilines is 2. The second-order valence-electron chi connectivity index (χ2n) is 6.08. The average Bonchev–Trinajstić information content (AvgIpc) is 3.08. The lowest BCUT2D eigenvalue weighted by Gasteiger charge is -2.13. The minimum absolute atomic E-state index is 0.0236. The standard InChI is InChI=1S/C19H22ClN3O/c20-17-11-16(23-19(24)12-15-7-4-10-21-15)8-9-18(17)22-13-14-5-2-1-3-6-14/h1-3,5-6,8-9,11,15,21-22H,4,7,10,12-13H2,(H,23,24). The van der Waals surface area contributed by atoms with Gasteiger partial charge in [0.1, 0.15) is 0 Å².